The van der Waals surface area contributed by atoms with Gasteiger partial charge in [0.2, 0.25) is 0 Å². The maximum atomic E-state index is 11.8. The predicted octanol–water partition coefficient (Wildman–Crippen LogP) is -0.320. The lowest BCUT2D eigenvalue weighted by Gasteiger charge is -2.22. The summed E-state index contributed by atoms with van der Waals surface area (Å²) in [5.74, 6) is -1.08. The van der Waals surface area contributed by atoms with Crippen LogP contribution in [0.4, 0.5) is 4.79 Å². The molecule has 1 aliphatic rings. The van der Waals surface area contributed by atoms with Gasteiger partial charge in [0, 0.05) is 13.1 Å². The summed E-state index contributed by atoms with van der Waals surface area (Å²) in [6.45, 7) is 2.11. The lowest BCUT2D eigenvalue weighted by atomic mass is 10.2. The van der Waals surface area contributed by atoms with Gasteiger partial charge in [-0.1, -0.05) is 6.92 Å². The Morgan fingerprint density at radius 3 is 2.56 bits per heavy atom. The van der Waals surface area contributed by atoms with Crippen LogP contribution in [0.1, 0.15) is 19.8 Å². The van der Waals surface area contributed by atoms with E-state index in [9.17, 15) is 18.0 Å². The van der Waals surface area contributed by atoms with Crippen LogP contribution in [-0.4, -0.2) is 61.1 Å². The average molecular weight is 278 g/mol. The number of urea groups is 1. The molecule has 0 aromatic carbocycles. The van der Waals surface area contributed by atoms with Gasteiger partial charge in [-0.05, 0) is 12.8 Å². The van der Waals surface area contributed by atoms with Crippen molar-refractivity contribution in [3.05, 3.63) is 0 Å². The van der Waals surface area contributed by atoms with Gasteiger partial charge < -0.3 is 15.3 Å². The molecule has 1 heterocycles. The largest absolute Gasteiger partial charge is 0.480 e. The highest BCUT2D eigenvalue weighted by Gasteiger charge is 2.25. The molecule has 1 aliphatic heterocycles. The molecule has 1 unspecified atom stereocenters. The molecule has 0 radical (unpaired) electrons. The van der Waals surface area contributed by atoms with Crippen LogP contribution in [0.5, 0.6) is 0 Å². The Labute approximate surface area is 106 Å². The Bertz CT molecular complexity index is 420. The number of carbonyl (C=O) groups excluding carboxylic acids is 1. The highest BCUT2D eigenvalue weighted by atomic mass is 32.2. The highest BCUT2D eigenvalue weighted by Crippen LogP contribution is 2.05. The topological polar surface area (TPSA) is 104 Å². The summed E-state index contributed by atoms with van der Waals surface area (Å²) in [5.41, 5.74) is 0. The number of aliphatic carboxylic acids is 1. The summed E-state index contributed by atoms with van der Waals surface area (Å²) >= 11 is 0. The molecule has 2 amide bonds. The SMILES string of the molecule is CCC(NC(=O)N1CCCS(=O)(=O)CC1)C(=O)O. The molecule has 2 N–H and O–H groups in total. The number of rotatable bonds is 3. The van der Waals surface area contributed by atoms with Crippen LogP contribution in [0.15, 0.2) is 0 Å². The van der Waals surface area contributed by atoms with E-state index in [0.29, 0.717) is 13.0 Å². The van der Waals surface area contributed by atoms with E-state index in [1.54, 1.807) is 6.92 Å². The number of nitrogens with one attached hydrogen (secondary N) is 1. The van der Waals surface area contributed by atoms with Crippen molar-refractivity contribution in [2.45, 2.75) is 25.8 Å². The minimum absolute atomic E-state index is 0.0652. The van der Waals surface area contributed by atoms with Crippen LogP contribution in [0.3, 0.4) is 0 Å². The lowest BCUT2D eigenvalue weighted by Crippen LogP contribution is -2.48. The molecule has 18 heavy (non-hydrogen) atoms. The third kappa shape index (κ3) is 4.17. The quantitative estimate of drug-likeness (QED) is 0.736. The van der Waals surface area contributed by atoms with Gasteiger partial charge in [-0.2, -0.15) is 0 Å². The molecule has 7 nitrogen and oxygen atoms in total. The number of hydrogen-bond donors (Lipinski definition) is 2. The molecule has 1 saturated heterocycles. The van der Waals surface area contributed by atoms with E-state index in [1.807, 2.05) is 0 Å². The van der Waals surface area contributed by atoms with Crippen molar-refractivity contribution >= 4 is 21.8 Å². The van der Waals surface area contributed by atoms with Gasteiger partial charge in [0.1, 0.15) is 6.04 Å². The van der Waals surface area contributed by atoms with Crippen molar-refractivity contribution in [1.29, 1.82) is 0 Å². The molecule has 0 aromatic heterocycles. The molecular formula is C10H18N2O5S. The monoisotopic (exact) mass is 278 g/mol. The van der Waals surface area contributed by atoms with Crippen LogP contribution < -0.4 is 5.32 Å². The summed E-state index contributed by atoms with van der Waals surface area (Å²) in [4.78, 5) is 23.9. The van der Waals surface area contributed by atoms with Crippen molar-refractivity contribution in [3.63, 3.8) is 0 Å². The zero-order valence-electron chi connectivity index (χ0n) is 10.3. The molecular weight excluding hydrogens is 260 g/mol. The molecule has 1 atom stereocenters. The maximum Gasteiger partial charge on any atom is 0.326 e. The predicted molar refractivity (Wildman–Crippen MR) is 65.1 cm³/mol. The van der Waals surface area contributed by atoms with E-state index in [-0.39, 0.29) is 24.5 Å². The molecule has 8 heteroatoms. The van der Waals surface area contributed by atoms with Crippen molar-refractivity contribution in [3.8, 4) is 0 Å². The first-order chi connectivity index (χ1) is 8.35. The second-order valence-electron chi connectivity index (χ2n) is 4.24. The van der Waals surface area contributed by atoms with Gasteiger partial charge >= 0.3 is 12.0 Å². The van der Waals surface area contributed by atoms with Crippen molar-refractivity contribution in [2.75, 3.05) is 24.6 Å². The number of amides is 2. The Hall–Kier alpha value is -1.31. The van der Waals surface area contributed by atoms with E-state index in [0.717, 1.165) is 0 Å². The van der Waals surface area contributed by atoms with Crippen LogP contribution in [-0.2, 0) is 14.6 Å². The Kier molecular flexibility index (Phi) is 4.94. The molecule has 0 spiro atoms. The zero-order valence-corrected chi connectivity index (χ0v) is 11.1. The first-order valence-corrected chi connectivity index (χ1v) is 7.66. The first kappa shape index (κ1) is 14.7. The zero-order chi connectivity index (χ0) is 13.8. The Balaban J connectivity index is 2.59. The lowest BCUT2D eigenvalue weighted by molar-refractivity contribution is -0.139. The van der Waals surface area contributed by atoms with Crippen LogP contribution >= 0.6 is 0 Å². The summed E-state index contributed by atoms with van der Waals surface area (Å²) < 4.78 is 22.7. The van der Waals surface area contributed by atoms with Gasteiger partial charge in [-0.15, -0.1) is 0 Å². The van der Waals surface area contributed by atoms with E-state index in [2.05, 4.69) is 5.32 Å². The smallest absolute Gasteiger partial charge is 0.326 e. The van der Waals surface area contributed by atoms with Crippen LogP contribution in [0.2, 0.25) is 0 Å². The maximum absolute atomic E-state index is 11.8. The molecule has 104 valence electrons. The number of nitrogens with zero attached hydrogens (tertiary/aromatic N) is 1. The fraction of sp³-hybridized carbons (Fsp3) is 0.800. The third-order valence-corrected chi connectivity index (χ3v) is 4.56. The second-order valence-corrected chi connectivity index (χ2v) is 6.54. The van der Waals surface area contributed by atoms with E-state index in [4.69, 9.17) is 5.11 Å². The highest BCUT2D eigenvalue weighted by molar-refractivity contribution is 7.91. The molecule has 1 rings (SSSR count). The van der Waals surface area contributed by atoms with Gasteiger partial charge in [0.05, 0.1) is 11.5 Å². The van der Waals surface area contributed by atoms with Crippen molar-refractivity contribution < 1.29 is 23.1 Å². The summed E-state index contributed by atoms with van der Waals surface area (Å²) in [7, 11) is -3.07. The minimum atomic E-state index is -3.07. The van der Waals surface area contributed by atoms with E-state index in [1.165, 1.54) is 4.90 Å². The molecule has 0 bridgehead atoms. The van der Waals surface area contributed by atoms with Gasteiger partial charge in [-0.25, -0.2) is 18.0 Å². The molecule has 1 fully saturated rings. The number of carboxylic acids is 1. The summed E-state index contributed by atoms with van der Waals surface area (Å²) in [5, 5.41) is 11.2. The number of sulfone groups is 1. The van der Waals surface area contributed by atoms with Gasteiger partial charge in [0.15, 0.2) is 9.84 Å². The average Bonchev–Trinajstić information content (AvgIpc) is 2.46. The van der Waals surface area contributed by atoms with Crippen molar-refractivity contribution in [1.82, 2.24) is 10.2 Å². The Morgan fingerprint density at radius 1 is 1.33 bits per heavy atom. The van der Waals surface area contributed by atoms with Gasteiger partial charge in [0.25, 0.3) is 0 Å². The Morgan fingerprint density at radius 2 is 2.00 bits per heavy atom. The van der Waals surface area contributed by atoms with E-state index >= 15 is 0 Å². The van der Waals surface area contributed by atoms with Gasteiger partial charge in [-0.3, -0.25) is 0 Å². The van der Waals surface area contributed by atoms with Crippen LogP contribution in [0.25, 0.3) is 0 Å². The summed E-state index contributed by atoms with van der Waals surface area (Å²) in [6.07, 6.45) is 0.673. The number of carboxylic acid groups (broad SMARTS) is 1. The number of carbonyl (C=O) groups is 2. The first-order valence-electron chi connectivity index (χ1n) is 5.84. The van der Waals surface area contributed by atoms with Crippen molar-refractivity contribution in [2.24, 2.45) is 0 Å². The normalized spacial score (nSPS) is 20.8. The molecule has 0 aromatic rings. The fourth-order valence-electron chi connectivity index (χ4n) is 1.72. The molecule has 0 aliphatic carbocycles. The number of hydrogen-bond acceptors (Lipinski definition) is 4. The summed E-state index contributed by atoms with van der Waals surface area (Å²) in [6, 6.07) is -1.45. The second kappa shape index (κ2) is 6.03. The fourth-order valence-corrected chi connectivity index (χ4v) is 2.99. The van der Waals surface area contributed by atoms with Crippen LogP contribution in [0, 0.1) is 0 Å². The molecule has 0 saturated carbocycles. The third-order valence-electron chi connectivity index (χ3n) is 2.85. The van der Waals surface area contributed by atoms with E-state index < -0.39 is 27.9 Å². The minimum Gasteiger partial charge on any atom is -0.480 e. The standard InChI is InChI=1S/C10H18N2O5S/c1-2-8(9(13)14)11-10(15)12-4-3-6-18(16,17)7-5-12/h8H,2-7H2,1H3,(H,11,15)(H,13,14).